The van der Waals surface area contributed by atoms with Gasteiger partial charge >= 0.3 is 0 Å². The van der Waals surface area contributed by atoms with Gasteiger partial charge in [-0.05, 0) is 0 Å². The zero-order valence-corrected chi connectivity index (χ0v) is 6.10. The number of fused-ring (bicyclic) bond motifs is 1. The first kappa shape index (κ1) is 6.58. The fraction of sp³-hybridized carbons (Fsp3) is 1.00. The molecule has 0 radical (unpaired) electrons. The second-order valence-corrected chi connectivity index (χ2v) is 3.05. The summed E-state index contributed by atoms with van der Waals surface area (Å²) in [7, 11) is 0. The fourth-order valence-corrected chi connectivity index (χ4v) is 1.70. The molecule has 0 aromatic rings. The van der Waals surface area contributed by atoms with Crippen LogP contribution in [-0.4, -0.2) is 38.9 Å². The highest BCUT2D eigenvalue weighted by atomic mass is 16.5. The first-order chi connectivity index (χ1) is 4.97. The minimum Gasteiger partial charge on any atom is -0.380 e. The van der Waals surface area contributed by atoms with Crippen LogP contribution in [-0.2, 0) is 4.74 Å². The Bertz CT molecular complexity index is 106. The quantitative estimate of drug-likeness (QED) is 0.464. The van der Waals surface area contributed by atoms with E-state index in [0.717, 1.165) is 32.8 Å². The minimum atomic E-state index is 0.669. The first-order valence-corrected chi connectivity index (χ1v) is 3.98. The van der Waals surface area contributed by atoms with Crippen LogP contribution in [0.4, 0.5) is 0 Å². The van der Waals surface area contributed by atoms with E-state index in [1.54, 1.807) is 0 Å². The third kappa shape index (κ3) is 1.17. The van der Waals surface area contributed by atoms with Crippen molar-refractivity contribution < 1.29 is 4.74 Å². The molecule has 3 heteroatoms. The molecular weight excluding hydrogens is 128 g/mol. The SMILES string of the molecule is C1COCC2CNCC2N1. The summed E-state index contributed by atoms with van der Waals surface area (Å²) in [4.78, 5) is 0. The molecule has 2 rings (SSSR count). The van der Waals surface area contributed by atoms with Gasteiger partial charge in [-0.15, -0.1) is 0 Å². The van der Waals surface area contributed by atoms with E-state index < -0.39 is 0 Å². The summed E-state index contributed by atoms with van der Waals surface area (Å²) in [5.74, 6) is 0.711. The monoisotopic (exact) mass is 142 g/mol. The Kier molecular flexibility index (Phi) is 1.88. The molecule has 2 unspecified atom stereocenters. The molecule has 0 spiro atoms. The molecule has 2 heterocycles. The average molecular weight is 142 g/mol. The molecule has 0 aromatic carbocycles. The number of rotatable bonds is 0. The van der Waals surface area contributed by atoms with Crippen LogP contribution in [0.5, 0.6) is 0 Å². The number of ether oxygens (including phenoxy) is 1. The maximum atomic E-state index is 5.41. The standard InChI is InChI=1S/C7H14N2O/c1-2-10-5-6-3-8-4-7(6)9-1/h6-9H,1-5H2. The van der Waals surface area contributed by atoms with Gasteiger partial charge in [0.1, 0.15) is 0 Å². The van der Waals surface area contributed by atoms with Crippen molar-refractivity contribution in [1.82, 2.24) is 10.6 Å². The first-order valence-electron chi connectivity index (χ1n) is 3.98. The van der Waals surface area contributed by atoms with Crippen molar-refractivity contribution in [3.8, 4) is 0 Å². The van der Waals surface area contributed by atoms with Gasteiger partial charge in [-0.1, -0.05) is 0 Å². The number of hydrogen-bond donors (Lipinski definition) is 2. The van der Waals surface area contributed by atoms with E-state index in [2.05, 4.69) is 10.6 Å². The zero-order chi connectivity index (χ0) is 6.81. The molecule has 3 nitrogen and oxygen atoms in total. The Balaban J connectivity index is 1.95. The Morgan fingerprint density at radius 1 is 1.30 bits per heavy atom. The van der Waals surface area contributed by atoms with Crippen molar-refractivity contribution in [2.24, 2.45) is 5.92 Å². The largest absolute Gasteiger partial charge is 0.380 e. The molecular formula is C7H14N2O. The van der Waals surface area contributed by atoms with E-state index in [9.17, 15) is 0 Å². The van der Waals surface area contributed by atoms with Crippen molar-refractivity contribution in [3.63, 3.8) is 0 Å². The molecule has 58 valence electrons. The van der Waals surface area contributed by atoms with E-state index in [-0.39, 0.29) is 0 Å². The lowest BCUT2D eigenvalue weighted by molar-refractivity contribution is 0.124. The van der Waals surface area contributed by atoms with Gasteiger partial charge in [0.05, 0.1) is 13.2 Å². The normalized spacial score (nSPS) is 40.8. The topological polar surface area (TPSA) is 33.3 Å². The Morgan fingerprint density at radius 3 is 3.30 bits per heavy atom. The number of hydrogen-bond acceptors (Lipinski definition) is 3. The van der Waals surface area contributed by atoms with Crippen LogP contribution in [0.3, 0.4) is 0 Å². The molecule has 2 N–H and O–H groups in total. The van der Waals surface area contributed by atoms with Gasteiger partial charge in [0, 0.05) is 31.6 Å². The molecule has 0 aliphatic carbocycles. The lowest BCUT2D eigenvalue weighted by Gasteiger charge is -2.13. The average Bonchev–Trinajstić information content (AvgIpc) is 2.28. The Morgan fingerprint density at radius 2 is 2.30 bits per heavy atom. The lowest BCUT2D eigenvalue weighted by Crippen LogP contribution is -2.35. The van der Waals surface area contributed by atoms with Gasteiger partial charge in [0.15, 0.2) is 0 Å². The molecule has 10 heavy (non-hydrogen) atoms. The van der Waals surface area contributed by atoms with Crippen LogP contribution in [0.15, 0.2) is 0 Å². The van der Waals surface area contributed by atoms with E-state index in [1.807, 2.05) is 0 Å². The molecule has 0 bridgehead atoms. The van der Waals surface area contributed by atoms with Crippen LogP contribution in [0, 0.1) is 5.92 Å². The summed E-state index contributed by atoms with van der Waals surface area (Å²) in [6.07, 6.45) is 0. The van der Waals surface area contributed by atoms with Crippen LogP contribution in [0.25, 0.3) is 0 Å². The molecule has 2 aliphatic heterocycles. The van der Waals surface area contributed by atoms with Gasteiger partial charge < -0.3 is 15.4 Å². The van der Waals surface area contributed by atoms with E-state index in [0.29, 0.717) is 12.0 Å². The van der Waals surface area contributed by atoms with E-state index in [1.165, 1.54) is 0 Å². The van der Waals surface area contributed by atoms with Crippen LogP contribution in [0.1, 0.15) is 0 Å². The molecule has 2 atom stereocenters. The smallest absolute Gasteiger partial charge is 0.0591 e. The van der Waals surface area contributed by atoms with Crippen molar-refractivity contribution in [2.45, 2.75) is 6.04 Å². The summed E-state index contributed by atoms with van der Waals surface area (Å²) >= 11 is 0. The predicted molar refractivity (Wildman–Crippen MR) is 39.0 cm³/mol. The maximum Gasteiger partial charge on any atom is 0.0591 e. The number of nitrogens with one attached hydrogen (secondary N) is 2. The van der Waals surface area contributed by atoms with Gasteiger partial charge in [-0.2, -0.15) is 0 Å². The second-order valence-electron chi connectivity index (χ2n) is 3.05. The van der Waals surface area contributed by atoms with Crippen LogP contribution in [0.2, 0.25) is 0 Å². The highest BCUT2D eigenvalue weighted by molar-refractivity contribution is 4.87. The van der Waals surface area contributed by atoms with Crippen molar-refractivity contribution in [1.29, 1.82) is 0 Å². The minimum absolute atomic E-state index is 0.669. The predicted octanol–water partition coefficient (Wildman–Crippen LogP) is -0.806. The van der Waals surface area contributed by atoms with Crippen LogP contribution >= 0.6 is 0 Å². The van der Waals surface area contributed by atoms with Crippen molar-refractivity contribution in [2.75, 3.05) is 32.8 Å². The highest BCUT2D eigenvalue weighted by Gasteiger charge is 2.27. The molecule has 0 saturated carbocycles. The van der Waals surface area contributed by atoms with Gasteiger partial charge in [0.2, 0.25) is 0 Å². The molecule has 0 amide bonds. The summed E-state index contributed by atoms with van der Waals surface area (Å²) < 4.78 is 5.41. The Labute approximate surface area is 61.1 Å². The fourth-order valence-electron chi connectivity index (χ4n) is 1.70. The summed E-state index contributed by atoms with van der Waals surface area (Å²) in [5.41, 5.74) is 0. The summed E-state index contributed by atoms with van der Waals surface area (Å²) in [6.45, 7) is 5.08. The van der Waals surface area contributed by atoms with Gasteiger partial charge in [0.25, 0.3) is 0 Å². The highest BCUT2D eigenvalue weighted by Crippen LogP contribution is 2.10. The maximum absolute atomic E-state index is 5.41. The third-order valence-corrected chi connectivity index (χ3v) is 2.32. The summed E-state index contributed by atoms with van der Waals surface area (Å²) in [6, 6.07) is 0.669. The zero-order valence-electron chi connectivity index (χ0n) is 6.10. The molecule has 2 saturated heterocycles. The second kappa shape index (κ2) is 2.86. The van der Waals surface area contributed by atoms with Gasteiger partial charge in [-0.3, -0.25) is 0 Å². The van der Waals surface area contributed by atoms with Gasteiger partial charge in [-0.25, -0.2) is 0 Å². The summed E-state index contributed by atoms with van der Waals surface area (Å²) in [5, 5.41) is 6.81. The molecule has 2 fully saturated rings. The van der Waals surface area contributed by atoms with Crippen molar-refractivity contribution in [3.05, 3.63) is 0 Å². The molecule has 2 aliphatic rings. The van der Waals surface area contributed by atoms with E-state index in [4.69, 9.17) is 4.74 Å². The Hall–Kier alpha value is -0.120. The van der Waals surface area contributed by atoms with E-state index >= 15 is 0 Å². The third-order valence-electron chi connectivity index (χ3n) is 2.32. The van der Waals surface area contributed by atoms with Crippen LogP contribution < -0.4 is 10.6 Å². The molecule has 0 aromatic heterocycles. The van der Waals surface area contributed by atoms with Crippen molar-refractivity contribution >= 4 is 0 Å². The lowest BCUT2D eigenvalue weighted by atomic mass is 10.1.